The lowest BCUT2D eigenvalue weighted by Crippen LogP contribution is -2.35. The molecule has 0 radical (unpaired) electrons. The fraction of sp³-hybridized carbons (Fsp3) is 0.600. The summed E-state index contributed by atoms with van der Waals surface area (Å²) in [5.41, 5.74) is 1.60. The van der Waals surface area contributed by atoms with Crippen molar-refractivity contribution in [2.45, 2.75) is 39.4 Å². The van der Waals surface area contributed by atoms with Gasteiger partial charge in [0, 0.05) is 18.3 Å². The SMILES string of the molecule is CCNC(CC)c1ccccc1N(CC)CC(F)(F)F. The van der Waals surface area contributed by atoms with Gasteiger partial charge in [0.1, 0.15) is 6.54 Å². The smallest absolute Gasteiger partial charge is 0.363 e. The molecule has 1 aromatic rings. The molecule has 1 N–H and O–H groups in total. The normalized spacial score (nSPS) is 13.3. The van der Waals surface area contributed by atoms with Crippen molar-refractivity contribution in [3.63, 3.8) is 0 Å². The molecule has 0 aromatic heterocycles. The largest absolute Gasteiger partial charge is 0.405 e. The molecule has 20 heavy (non-hydrogen) atoms. The maximum atomic E-state index is 12.7. The van der Waals surface area contributed by atoms with Crippen LogP contribution in [0.3, 0.4) is 0 Å². The number of anilines is 1. The lowest BCUT2D eigenvalue weighted by atomic mass is 10.0. The standard InChI is InChI=1S/C15H23F3N2/c1-4-13(19-5-2)12-9-7-8-10-14(12)20(6-3)11-15(16,17)18/h7-10,13,19H,4-6,11H2,1-3H3. The van der Waals surface area contributed by atoms with Gasteiger partial charge in [-0.2, -0.15) is 13.2 Å². The number of para-hydroxylation sites is 1. The number of hydrogen-bond acceptors (Lipinski definition) is 2. The Morgan fingerprint density at radius 1 is 1.15 bits per heavy atom. The average Bonchev–Trinajstić information content (AvgIpc) is 2.41. The Bertz CT molecular complexity index is 404. The van der Waals surface area contributed by atoms with Crippen LogP contribution in [-0.2, 0) is 0 Å². The van der Waals surface area contributed by atoms with E-state index < -0.39 is 12.7 Å². The van der Waals surface area contributed by atoms with E-state index in [1.807, 2.05) is 26.0 Å². The monoisotopic (exact) mass is 288 g/mol. The molecule has 1 rings (SSSR count). The van der Waals surface area contributed by atoms with Crippen LogP contribution >= 0.6 is 0 Å². The van der Waals surface area contributed by atoms with E-state index in [4.69, 9.17) is 0 Å². The quantitative estimate of drug-likeness (QED) is 0.811. The summed E-state index contributed by atoms with van der Waals surface area (Å²) < 4.78 is 38.1. The Morgan fingerprint density at radius 2 is 1.80 bits per heavy atom. The topological polar surface area (TPSA) is 15.3 Å². The van der Waals surface area contributed by atoms with Gasteiger partial charge in [-0.3, -0.25) is 0 Å². The van der Waals surface area contributed by atoms with Crippen LogP contribution in [0.25, 0.3) is 0 Å². The maximum absolute atomic E-state index is 12.7. The minimum Gasteiger partial charge on any atom is -0.363 e. The van der Waals surface area contributed by atoms with E-state index in [0.29, 0.717) is 12.2 Å². The summed E-state index contributed by atoms with van der Waals surface area (Å²) in [6, 6.07) is 7.42. The lowest BCUT2D eigenvalue weighted by Gasteiger charge is -2.29. The second kappa shape index (κ2) is 7.53. The van der Waals surface area contributed by atoms with Gasteiger partial charge in [-0.25, -0.2) is 0 Å². The van der Waals surface area contributed by atoms with E-state index in [2.05, 4.69) is 5.32 Å². The number of benzene rings is 1. The molecule has 0 aliphatic rings. The molecule has 0 bridgehead atoms. The Labute approximate surface area is 119 Å². The van der Waals surface area contributed by atoms with Crippen LogP contribution in [0.5, 0.6) is 0 Å². The highest BCUT2D eigenvalue weighted by Crippen LogP contribution is 2.30. The molecule has 1 atom stereocenters. The Hall–Kier alpha value is -1.23. The van der Waals surface area contributed by atoms with Crippen LogP contribution in [0.15, 0.2) is 24.3 Å². The van der Waals surface area contributed by atoms with Crippen molar-refractivity contribution in [2.24, 2.45) is 0 Å². The molecule has 1 aromatic carbocycles. The minimum absolute atomic E-state index is 0.0819. The van der Waals surface area contributed by atoms with Crippen LogP contribution < -0.4 is 10.2 Å². The third-order valence-corrected chi connectivity index (χ3v) is 3.26. The van der Waals surface area contributed by atoms with Crippen LogP contribution in [0.2, 0.25) is 0 Å². The second-order valence-electron chi connectivity index (χ2n) is 4.71. The van der Waals surface area contributed by atoms with Gasteiger partial charge in [-0.1, -0.05) is 32.0 Å². The number of halogens is 3. The summed E-state index contributed by atoms with van der Waals surface area (Å²) in [6.45, 7) is 5.99. The first kappa shape index (κ1) is 16.8. The van der Waals surface area contributed by atoms with Crippen LogP contribution in [-0.4, -0.2) is 25.8 Å². The summed E-state index contributed by atoms with van der Waals surface area (Å²) in [7, 11) is 0. The van der Waals surface area contributed by atoms with Crippen LogP contribution in [0, 0.1) is 0 Å². The van der Waals surface area contributed by atoms with E-state index in [0.717, 1.165) is 18.5 Å². The lowest BCUT2D eigenvalue weighted by molar-refractivity contribution is -0.119. The second-order valence-corrected chi connectivity index (χ2v) is 4.71. The van der Waals surface area contributed by atoms with Gasteiger partial charge in [0.25, 0.3) is 0 Å². The Balaban J connectivity index is 3.09. The highest BCUT2D eigenvalue weighted by molar-refractivity contribution is 5.55. The summed E-state index contributed by atoms with van der Waals surface area (Å²) >= 11 is 0. The number of nitrogens with one attached hydrogen (secondary N) is 1. The molecule has 0 amide bonds. The Kier molecular flexibility index (Phi) is 6.33. The highest BCUT2D eigenvalue weighted by Gasteiger charge is 2.31. The molecule has 0 spiro atoms. The molecule has 0 saturated carbocycles. The molecule has 2 nitrogen and oxygen atoms in total. The van der Waals surface area contributed by atoms with Crippen LogP contribution in [0.1, 0.15) is 38.8 Å². The van der Waals surface area contributed by atoms with E-state index in [-0.39, 0.29) is 6.04 Å². The van der Waals surface area contributed by atoms with Gasteiger partial charge in [-0.15, -0.1) is 0 Å². The number of hydrogen-bond donors (Lipinski definition) is 1. The summed E-state index contributed by atoms with van der Waals surface area (Å²) in [5, 5.41) is 3.32. The zero-order valence-electron chi connectivity index (χ0n) is 12.3. The van der Waals surface area contributed by atoms with Crippen LogP contribution in [0.4, 0.5) is 18.9 Å². The summed E-state index contributed by atoms with van der Waals surface area (Å²) in [4.78, 5) is 1.38. The fourth-order valence-corrected chi connectivity index (χ4v) is 2.37. The van der Waals surface area contributed by atoms with Crippen molar-refractivity contribution in [1.82, 2.24) is 5.32 Å². The van der Waals surface area contributed by atoms with Gasteiger partial charge in [0.2, 0.25) is 0 Å². The predicted octanol–water partition coefficient (Wildman–Crippen LogP) is 4.14. The van der Waals surface area contributed by atoms with Crippen molar-refractivity contribution in [1.29, 1.82) is 0 Å². The average molecular weight is 288 g/mol. The van der Waals surface area contributed by atoms with E-state index in [1.165, 1.54) is 4.90 Å². The first-order valence-electron chi connectivity index (χ1n) is 7.06. The third kappa shape index (κ3) is 4.71. The molecule has 0 aliphatic heterocycles. The fourth-order valence-electron chi connectivity index (χ4n) is 2.37. The number of rotatable bonds is 7. The van der Waals surface area contributed by atoms with Crippen molar-refractivity contribution in [3.05, 3.63) is 29.8 Å². The van der Waals surface area contributed by atoms with Gasteiger partial charge >= 0.3 is 6.18 Å². The molecule has 0 fully saturated rings. The van der Waals surface area contributed by atoms with Gasteiger partial charge in [-0.05, 0) is 31.5 Å². The van der Waals surface area contributed by atoms with E-state index >= 15 is 0 Å². The number of nitrogens with zero attached hydrogens (tertiary/aromatic N) is 1. The molecule has 0 aliphatic carbocycles. The van der Waals surface area contributed by atoms with Gasteiger partial charge < -0.3 is 10.2 Å². The van der Waals surface area contributed by atoms with Crippen molar-refractivity contribution < 1.29 is 13.2 Å². The minimum atomic E-state index is -4.19. The van der Waals surface area contributed by atoms with E-state index in [1.54, 1.807) is 19.1 Å². The molecular weight excluding hydrogens is 265 g/mol. The van der Waals surface area contributed by atoms with Gasteiger partial charge in [0.15, 0.2) is 0 Å². The zero-order valence-corrected chi connectivity index (χ0v) is 12.3. The molecule has 0 heterocycles. The molecular formula is C15H23F3N2. The molecule has 0 saturated heterocycles. The zero-order chi connectivity index (χ0) is 15.2. The Morgan fingerprint density at radius 3 is 2.30 bits per heavy atom. The van der Waals surface area contributed by atoms with Crippen molar-refractivity contribution in [3.8, 4) is 0 Å². The maximum Gasteiger partial charge on any atom is 0.405 e. The van der Waals surface area contributed by atoms with Gasteiger partial charge in [0.05, 0.1) is 0 Å². The van der Waals surface area contributed by atoms with Crippen molar-refractivity contribution >= 4 is 5.69 Å². The highest BCUT2D eigenvalue weighted by atomic mass is 19.4. The first-order valence-corrected chi connectivity index (χ1v) is 7.06. The molecule has 5 heteroatoms. The van der Waals surface area contributed by atoms with E-state index in [9.17, 15) is 13.2 Å². The number of alkyl halides is 3. The third-order valence-electron chi connectivity index (χ3n) is 3.26. The first-order chi connectivity index (χ1) is 9.42. The van der Waals surface area contributed by atoms with Crippen molar-refractivity contribution in [2.75, 3.05) is 24.5 Å². The summed E-state index contributed by atoms with van der Waals surface area (Å²) in [5.74, 6) is 0. The molecule has 114 valence electrons. The summed E-state index contributed by atoms with van der Waals surface area (Å²) in [6.07, 6.45) is -3.35. The molecule has 1 unspecified atom stereocenters. The predicted molar refractivity (Wildman–Crippen MR) is 77.1 cm³/mol.